The van der Waals surface area contributed by atoms with E-state index in [0.29, 0.717) is 11.5 Å². The minimum Gasteiger partial charge on any atom is -0.380 e. The van der Waals surface area contributed by atoms with Gasteiger partial charge in [0.2, 0.25) is 0 Å². The van der Waals surface area contributed by atoms with Crippen molar-refractivity contribution in [3.63, 3.8) is 0 Å². The highest BCUT2D eigenvalue weighted by Gasteiger charge is 2.32. The van der Waals surface area contributed by atoms with Crippen molar-refractivity contribution in [1.29, 1.82) is 0 Å². The van der Waals surface area contributed by atoms with E-state index >= 15 is 0 Å². The smallest absolute Gasteiger partial charge is 0.0701 e. The predicted molar refractivity (Wildman–Crippen MR) is 55.9 cm³/mol. The first-order valence-corrected chi connectivity index (χ1v) is 5.15. The number of likely N-dealkylation sites (tertiary alicyclic amines) is 1. The minimum atomic E-state index is 0.408. The molecule has 0 aromatic heterocycles. The number of piperidine rings is 1. The van der Waals surface area contributed by atoms with E-state index in [1.54, 1.807) is 0 Å². The van der Waals surface area contributed by atoms with Gasteiger partial charge in [0.25, 0.3) is 0 Å². The van der Waals surface area contributed by atoms with Gasteiger partial charge in [-0.1, -0.05) is 20.8 Å². The van der Waals surface area contributed by atoms with Crippen molar-refractivity contribution >= 4 is 0 Å². The monoisotopic (exact) mass is 185 g/mol. The molecule has 2 atom stereocenters. The second-order valence-corrected chi connectivity index (χ2v) is 5.38. The maximum atomic E-state index is 5.45. The van der Waals surface area contributed by atoms with Crippen molar-refractivity contribution in [2.45, 2.75) is 33.3 Å². The van der Waals surface area contributed by atoms with Crippen molar-refractivity contribution in [2.75, 3.05) is 27.2 Å². The molecule has 0 amide bonds. The van der Waals surface area contributed by atoms with E-state index in [2.05, 4.69) is 32.7 Å². The van der Waals surface area contributed by atoms with Crippen molar-refractivity contribution in [1.82, 2.24) is 4.90 Å². The maximum Gasteiger partial charge on any atom is 0.0701 e. The summed E-state index contributed by atoms with van der Waals surface area (Å²) in [6.07, 6.45) is 1.65. The first-order chi connectivity index (χ1) is 5.93. The Morgan fingerprint density at radius 1 is 1.23 bits per heavy atom. The highest BCUT2D eigenvalue weighted by atomic mass is 16.5. The Balaban J connectivity index is 2.57. The number of hydrogen-bond donors (Lipinski definition) is 0. The van der Waals surface area contributed by atoms with Crippen LogP contribution in [-0.2, 0) is 4.74 Å². The second kappa shape index (κ2) is 3.97. The summed E-state index contributed by atoms with van der Waals surface area (Å²) in [5, 5.41) is 0. The third kappa shape index (κ3) is 2.96. The van der Waals surface area contributed by atoms with E-state index in [0.717, 1.165) is 12.5 Å². The summed E-state index contributed by atoms with van der Waals surface area (Å²) >= 11 is 0. The van der Waals surface area contributed by atoms with Crippen molar-refractivity contribution in [3.8, 4) is 0 Å². The van der Waals surface area contributed by atoms with E-state index in [1.165, 1.54) is 13.0 Å². The fourth-order valence-corrected chi connectivity index (χ4v) is 2.06. The molecule has 1 fully saturated rings. The lowest BCUT2D eigenvalue weighted by atomic mass is 9.75. The number of ether oxygens (including phenoxy) is 1. The molecule has 0 radical (unpaired) electrons. The fraction of sp³-hybridized carbons (Fsp3) is 1.00. The summed E-state index contributed by atoms with van der Waals surface area (Å²) in [6.45, 7) is 9.27. The van der Waals surface area contributed by atoms with Gasteiger partial charge in [-0.25, -0.2) is 0 Å². The van der Waals surface area contributed by atoms with Crippen LogP contribution in [0.3, 0.4) is 0 Å². The summed E-state index contributed by atoms with van der Waals surface area (Å²) in [5.74, 6) is 0.760. The largest absolute Gasteiger partial charge is 0.380 e. The normalized spacial score (nSPS) is 32.1. The lowest BCUT2D eigenvalue weighted by Gasteiger charge is -2.41. The van der Waals surface area contributed by atoms with Gasteiger partial charge in [0.15, 0.2) is 0 Å². The molecule has 1 saturated heterocycles. The molecule has 0 saturated carbocycles. The van der Waals surface area contributed by atoms with Crippen molar-refractivity contribution in [2.24, 2.45) is 11.3 Å². The Hall–Kier alpha value is -0.0800. The average Bonchev–Trinajstić information content (AvgIpc) is 2.01. The molecule has 1 aliphatic heterocycles. The van der Waals surface area contributed by atoms with Crippen molar-refractivity contribution < 1.29 is 4.74 Å². The SMILES string of the molecule is CO[C@@H]1C[C@H](C(C)(C)C)CN(C)C1. The molecule has 0 aliphatic carbocycles. The average molecular weight is 185 g/mol. The zero-order valence-electron chi connectivity index (χ0n) is 9.63. The zero-order valence-corrected chi connectivity index (χ0v) is 9.63. The van der Waals surface area contributed by atoms with E-state index in [4.69, 9.17) is 4.74 Å². The molecule has 1 aliphatic rings. The van der Waals surface area contributed by atoms with Crippen LogP contribution in [0.25, 0.3) is 0 Å². The molecular formula is C11H23NO. The zero-order chi connectivity index (χ0) is 10.1. The molecule has 0 aromatic rings. The van der Waals surface area contributed by atoms with Crippen LogP contribution in [0, 0.1) is 11.3 Å². The van der Waals surface area contributed by atoms with Crippen LogP contribution in [0.15, 0.2) is 0 Å². The molecule has 13 heavy (non-hydrogen) atoms. The van der Waals surface area contributed by atoms with Crippen LogP contribution in [0.5, 0.6) is 0 Å². The number of methoxy groups -OCH3 is 1. The summed E-state index contributed by atoms with van der Waals surface area (Å²) < 4.78 is 5.45. The molecular weight excluding hydrogens is 162 g/mol. The Kier molecular flexibility index (Phi) is 3.36. The molecule has 0 spiro atoms. The topological polar surface area (TPSA) is 12.5 Å². The van der Waals surface area contributed by atoms with Gasteiger partial charge in [-0.3, -0.25) is 0 Å². The van der Waals surface area contributed by atoms with Gasteiger partial charge in [-0.2, -0.15) is 0 Å². The summed E-state index contributed by atoms with van der Waals surface area (Å²) in [5.41, 5.74) is 0.408. The Morgan fingerprint density at radius 2 is 1.85 bits per heavy atom. The first kappa shape index (κ1) is 11.0. The van der Waals surface area contributed by atoms with E-state index in [9.17, 15) is 0 Å². The molecule has 1 rings (SSSR count). The van der Waals surface area contributed by atoms with E-state index in [1.807, 2.05) is 7.11 Å². The van der Waals surface area contributed by atoms with Gasteiger partial charge in [-0.05, 0) is 24.8 Å². The molecule has 2 nitrogen and oxygen atoms in total. The Bertz CT molecular complexity index is 162. The van der Waals surface area contributed by atoms with Gasteiger partial charge < -0.3 is 9.64 Å². The van der Waals surface area contributed by atoms with Gasteiger partial charge in [0.1, 0.15) is 0 Å². The van der Waals surface area contributed by atoms with E-state index < -0.39 is 0 Å². The summed E-state index contributed by atoms with van der Waals surface area (Å²) in [6, 6.07) is 0. The molecule has 0 bridgehead atoms. The van der Waals surface area contributed by atoms with Gasteiger partial charge >= 0.3 is 0 Å². The summed E-state index contributed by atoms with van der Waals surface area (Å²) in [4.78, 5) is 2.38. The third-order valence-electron chi connectivity index (χ3n) is 3.15. The lowest BCUT2D eigenvalue weighted by molar-refractivity contribution is -0.0106. The lowest BCUT2D eigenvalue weighted by Crippen LogP contribution is -2.45. The minimum absolute atomic E-state index is 0.408. The Morgan fingerprint density at radius 3 is 2.31 bits per heavy atom. The van der Waals surface area contributed by atoms with Gasteiger partial charge in [0, 0.05) is 20.2 Å². The number of rotatable bonds is 1. The number of likely N-dealkylation sites (N-methyl/N-ethyl adjacent to an activating group) is 1. The van der Waals surface area contributed by atoms with Crippen LogP contribution in [0.1, 0.15) is 27.2 Å². The molecule has 78 valence electrons. The van der Waals surface area contributed by atoms with Crippen LogP contribution in [0.4, 0.5) is 0 Å². The highest BCUT2D eigenvalue weighted by molar-refractivity contribution is 4.84. The molecule has 1 heterocycles. The van der Waals surface area contributed by atoms with Crippen LogP contribution < -0.4 is 0 Å². The van der Waals surface area contributed by atoms with Gasteiger partial charge in [0.05, 0.1) is 6.10 Å². The highest BCUT2D eigenvalue weighted by Crippen LogP contribution is 2.33. The second-order valence-electron chi connectivity index (χ2n) is 5.38. The van der Waals surface area contributed by atoms with Crippen LogP contribution in [-0.4, -0.2) is 38.3 Å². The number of nitrogens with zero attached hydrogens (tertiary/aromatic N) is 1. The predicted octanol–water partition coefficient (Wildman–Crippen LogP) is 2.00. The maximum absolute atomic E-state index is 5.45. The van der Waals surface area contributed by atoms with Crippen LogP contribution >= 0.6 is 0 Å². The first-order valence-electron chi connectivity index (χ1n) is 5.15. The quantitative estimate of drug-likeness (QED) is 0.619. The molecule has 0 unspecified atom stereocenters. The van der Waals surface area contributed by atoms with E-state index in [-0.39, 0.29) is 0 Å². The molecule has 0 N–H and O–H groups in total. The fourth-order valence-electron chi connectivity index (χ4n) is 2.06. The van der Waals surface area contributed by atoms with Crippen molar-refractivity contribution in [3.05, 3.63) is 0 Å². The van der Waals surface area contributed by atoms with Gasteiger partial charge in [-0.15, -0.1) is 0 Å². The standard InChI is InChI=1S/C11H23NO/c1-11(2,3)9-6-10(13-5)8-12(4)7-9/h9-10H,6-8H2,1-5H3/t9-,10+/m0/s1. The Labute approximate surface area is 82.3 Å². The molecule has 0 aromatic carbocycles. The number of hydrogen-bond acceptors (Lipinski definition) is 2. The van der Waals surface area contributed by atoms with Crippen LogP contribution in [0.2, 0.25) is 0 Å². The molecule has 2 heteroatoms. The third-order valence-corrected chi connectivity index (χ3v) is 3.15. The summed E-state index contributed by atoms with van der Waals surface area (Å²) in [7, 11) is 4.01.